The largest absolute Gasteiger partial charge is 0.428 e. The molecule has 1 N–H and O–H groups in total. The molecule has 1 nitrogen and oxygen atoms in total. The number of alkyl halides is 8. The zero-order valence-corrected chi connectivity index (χ0v) is 6.26. The summed E-state index contributed by atoms with van der Waals surface area (Å²) in [5.41, 5.74) is -5.31. The molecule has 0 aromatic rings. The van der Waals surface area contributed by atoms with Gasteiger partial charge >= 0.3 is 12.4 Å². The molecule has 0 saturated heterocycles. The highest BCUT2D eigenvalue weighted by Crippen LogP contribution is 2.43. The standard InChI is InChI=1S/C5H4F8O/c6-2(4(8,9)10)3(7,1-14)5(11,12)13/h2,14H,1H2. The summed E-state index contributed by atoms with van der Waals surface area (Å²) in [5.74, 6) is 0. The molecular formula is C5H4F8O. The second-order valence-electron chi connectivity index (χ2n) is 2.42. The molecule has 0 spiro atoms. The summed E-state index contributed by atoms with van der Waals surface area (Å²) in [5, 5.41) is 7.82. The van der Waals surface area contributed by atoms with Crippen molar-refractivity contribution in [2.24, 2.45) is 0 Å². The average Bonchev–Trinajstić information content (AvgIpc) is 1.97. The van der Waals surface area contributed by atoms with E-state index in [9.17, 15) is 35.1 Å². The SMILES string of the molecule is OCC(F)(C(F)C(F)(F)F)C(F)(F)F. The van der Waals surface area contributed by atoms with Crippen molar-refractivity contribution in [2.45, 2.75) is 24.2 Å². The van der Waals surface area contributed by atoms with E-state index in [0.29, 0.717) is 0 Å². The molecule has 0 heterocycles. The average molecular weight is 232 g/mol. The van der Waals surface area contributed by atoms with E-state index in [0.717, 1.165) is 0 Å². The maximum absolute atomic E-state index is 12.4. The van der Waals surface area contributed by atoms with Gasteiger partial charge in [-0.25, -0.2) is 8.78 Å². The Bertz CT molecular complexity index is 195. The molecule has 0 amide bonds. The third-order valence-corrected chi connectivity index (χ3v) is 1.39. The highest BCUT2D eigenvalue weighted by Gasteiger charge is 2.69. The van der Waals surface area contributed by atoms with E-state index in [1.807, 2.05) is 0 Å². The number of aliphatic hydroxyl groups is 1. The van der Waals surface area contributed by atoms with Crippen LogP contribution >= 0.6 is 0 Å². The molecule has 86 valence electrons. The van der Waals surface area contributed by atoms with E-state index in [-0.39, 0.29) is 0 Å². The Labute approximate surface area is 72.3 Å². The first kappa shape index (κ1) is 13.4. The van der Waals surface area contributed by atoms with Crippen LogP contribution in [0.3, 0.4) is 0 Å². The van der Waals surface area contributed by atoms with Gasteiger partial charge in [0.2, 0.25) is 6.17 Å². The molecule has 9 heteroatoms. The molecular weight excluding hydrogens is 228 g/mol. The first-order valence-corrected chi connectivity index (χ1v) is 3.04. The second-order valence-corrected chi connectivity index (χ2v) is 2.42. The fourth-order valence-corrected chi connectivity index (χ4v) is 0.573. The topological polar surface area (TPSA) is 20.2 Å². The van der Waals surface area contributed by atoms with Gasteiger partial charge in [-0.1, -0.05) is 0 Å². The Balaban J connectivity index is 5.07. The van der Waals surface area contributed by atoms with E-state index in [1.165, 1.54) is 0 Å². The van der Waals surface area contributed by atoms with Crippen molar-refractivity contribution >= 4 is 0 Å². The number of hydrogen-bond donors (Lipinski definition) is 1. The van der Waals surface area contributed by atoms with Crippen molar-refractivity contribution < 1.29 is 40.2 Å². The fraction of sp³-hybridized carbons (Fsp3) is 1.00. The van der Waals surface area contributed by atoms with Gasteiger partial charge in [-0.05, 0) is 0 Å². The predicted octanol–water partition coefficient (Wildman–Crippen LogP) is 2.15. The van der Waals surface area contributed by atoms with Gasteiger partial charge in [0.25, 0.3) is 5.67 Å². The quantitative estimate of drug-likeness (QED) is 0.723. The van der Waals surface area contributed by atoms with E-state index >= 15 is 0 Å². The lowest BCUT2D eigenvalue weighted by Gasteiger charge is -2.29. The smallest absolute Gasteiger partial charge is 0.393 e. The highest BCUT2D eigenvalue weighted by molar-refractivity contribution is 4.97. The van der Waals surface area contributed by atoms with E-state index in [2.05, 4.69) is 0 Å². The van der Waals surface area contributed by atoms with Gasteiger partial charge in [-0.15, -0.1) is 0 Å². The molecule has 14 heavy (non-hydrogen) atoms. The van der Waals surface area contributed by atoms with Crippen molar-refractivity contribution in [3.05, 3.63) is 0 Å². The molecule has 2 atom stereocenters. The van der Waals surface area contributed by atoms with Crippen molar-refractivity contribution in [1.29, 1.82) is 0 Å². The summed E-state index contributed by atoms with van der Waals surface area (Å²) >= 11 is 0. The summed E-state index contributed by atoms with van der Waals surface area (Å²) in [6.45, 7) is -2.63. The summed E-state index contributed by atoms with van der Waals surface area (Å²) in [4.78, 5) is 0. The van der Waals surface area contributed by atoms with Gasteiger partial charge in [-0.3, -0.25) is 0 Å². The summed E-state index contributed by atoms with van der Waals surface area (Å²) in [6.07, 6.45) is -17.0. The lowest BCUT2D eigenvalue weighted by Crippen LogP contribution is -2.57. The lowest BCUT2D eigenvalue weighted by molar-refractivity contribution is -0.309. The maximum atomic E-state index is 12.4. The van der Waals surface area contributed by atoms with Crippen molar-refractivity contribution in [1.82, 2.24) is 0 Å². The molecule has 0 aliphatic rings. The second kappa shape index (κ2) is 3.52. The number of aliphatic hydroxyl groups excluding tert-OH is 1. The number of hydrogen-bond acceptors (Lipinski definition) is 1. The van der Waals surface area contributed by atoms with Crippen molar-refractivity contribution in [2.75, 3.05) is 6.61 Å². The third-order valence-electron chi connectivity index (χ3n) is 1.39. The fourth-order valence-electron chi connectivity index (χ4n) is 0.573. The minimum Gasteiger partial charge on any atom is -0.393 e. The first-order chi connectivity index (χ1) is 5.97. The Morgan fingerprint density at radius 3 is 1.36 bits per heavy atom. The van der Waals surface area contributed by atoms with E-state index in [1.54, 1.807) is 0 Å². The molecule has 0 radical (unpaired) electrons. The van der Waals surface area contributed by atoms with Crippen LogP contribution in [0.4, 0.5) is 35.1 Å². The molecule has 0 fully saturated rings. The van der Waals surface area contributed by atoms with Crippen molar-refractivity contribution in [3.63, 3.8) is 0 Å². The Morgan fingerprint density at radius 1 is 0.929 bits per heavy atom. The predicted molar refractivity (Wildman–Crippen MR) is 27.9 cm³/mol. The van der Waals surface area contributed by atoms with Gasteiger partial charge in [0.1, 0.15) is 0 Å². The van der Waals surface area contributed by atoms with E-state index in [4.69, 9.17) is 5.11 Å². The van der Waals surface area contributed by atoms with Crippen LogP contribution in [0.15, 0.2) is 0 Å². The number of rotatable bonds is 2. The lowest BCUT2D eigenvalue weighted by atomic mass is 10.00. The van der Waals surface area contributed by atoms with Crippen molar-refractivity contribution in [3.8, 4) is 0 Å². The molecule has 0 aromatic heterocycles. The highest BCUT2D eigenvalue weighted by atomic mass is 19.4. The van der Waals surface area contributed by atoms with Crippen LogP contribution in [-0.4, -0.2) is 35.9 Å². The minimum absolute atomic E-state index is 2.63. The third kappa shape index (κ3) is 2.25. The van der Waals surface area contributed by atoms with Gasteiger partial charge in [-0.2, -0.15) is 26.3 Å². The van der Waals surface area contributed by atoms with E-state index < -0.39 is 30.8 Å². The molecule has 0 aromatic carbocycles. The Kier molecular flexibility index (Phi) is 3.37. The summed E-state index contributed by atoms with van der Waals surface area (Å²) in [7, 11) is 0. The Morgan fingerprint density at radius 2 is 1.29 bits per heavy atom. The normalized spacial score (nSPS) is 20.4. The minimum atomic E-state index is -6.13. The van der Waals surface area contributed by atoms with Crippen LogP contribution in [0.1, 0.15) is 0 Å². The molecule has 0 bridgehead atoms. The molecule has 0 aliphatic carbocycles. The zero-order chi connectivity index (χ0) is 11.8. The van der Waals surface area contributed by atoms with Crippen LogP contribution in [0.2, 0.25) is 0 Å². The zero-order valence-electron chi connectivity index (χ0n) is 6.26. The summed E-state index contributed by atoms with van der Waals surface area (Å²) in [6, 6.07) is 0. The Hall–Kier alpha value is -0.600. The van der Waals surface area contributed by atoms with Gasteiger partial charge < -0.3 is 5.11 Å². The molecule has 0 rings (SSSR count). The summed E-state index contributed by atoms with van der Waals surface area (Å²) < 4.78 is 93.7. The van der Waals surface area contributed by atoms with Crippen LogP contribution in [0.5, 0.6) is 0 Å². The maximum Gasteiger partial charge on any atom is 0.428 e. The number of halogens is 8. The van der Waals surface area contributed by atoms with Gasteiger partial charge in [0, 0.05) is 0 Å². The van der Waals surface area contributed by atoms with Crippen LogP contribution < -0.4 is 0 Å². The molecule has 2 unspecified atom stereocenters. The van der Waals surface area contributed by atoms with Gasteiger partial charge in [0.15, 0.2) is 0 Å². The first-order valence-electron chi connectivity index (χ1n) is 3.04. The van der Waals surface area contributed by atoms with Gasteiger partial charge in [0.05, 0.1) is 6.61 Å². The van der Waals surface area contributed by atoms with Crippen LogP contribution in [0, 0.1) is 0 Å². The van der Waals surface area contributed by atoms with Crippen LogP contribution in [-0.2, 0) is 0 Å². The van der Waals surface area contributed by atoms with Crippen LogP contribution in [0.25, 0.3) is 0 Å². The molecule has 0 aliphatic heterocycles. The molecule has 0 saturated carbocycles. The monoisotopic (exact) mass is 232 g/mol.